The molecule has 1 heterocycles. The Morgan fingerprint density at radius 2 is 2.31 bits per heavy atom. The van der Waals surface area contributed by atoms with E-state index in [0.717, 1.165) is 13.0 Å². The summed E-state index contributed by atoms with van der Waals surface area (Å²) in [6, 6.07) is 0. The Morgan fingerprint density at radius 3 is 2.88 bits per heavy atom. The molecule has 1 saturated heterocycles. The lowest BCUT2D eigenvalue weighted by Gasteiger charge is -2.13. The SMILES string of the molecule is C=C(CCC)C(=O)OCC(C)OCC1CO1. The van der Waals surface area contributed by atoms with Crippen molar-refractivity contribution < 1.29 is 19.0 Å². The topological polar surface area (TPSA) is 48.1 Å². The molecular formula is C12H20O4. The molecule has 16 heavy (non-hydrogen) atoms. The highest BCUT2D eigenvalue weighted by Crippen LogP contribution is 2.10. The number of epoxide rings is 1. The summed E-state index contributed by atoms with van der Waals surface area (Å²) in [5, 5.41) is 0. The van der Waals surface area contributed by atoms with Gasteiger partial charge in [-0.05, 0) is 13.3 Å². The maximum atomic E-state index is 11.4. The first-order valence-corrected chi connectivity index (χ1v) is 5.71. The van der Waals surface area contributed by atoms with E-state index in [9.17, 15) is 4.79 Å². The van der Waals surface area contributed by atoms with Crippen molar-refractivity contribution in [3.05, 3.63) is 12.2 Å². The van der Waals surface area contributed by atoms with E-state index in [1.807, 2.05) is 13.8 Å². The summed E-state index contributed by atoms with van der Waals surface area (Å²) in [4.78, 5) is 11.4. The van der Waals surface area contributed by atoms with Gasteiger partial charge in [-0.2, -0.15) is 0 Å². The molecular weight excluding hydrogens is 208 g/mol. The van der Waals surface area contributed by atoms with Gasteiger partial charge in [0, 0.05) is 5.57 Å². The van der Waals surface area contributed by atoms with Crippen LogP contribution in [0, 0.1) is 0 Å². The fourth-order valence-electron chi connectivity index (χ4n) is 1.18. The number of hydrogen-bond acceptors (Lipinski definition) is 4. The van der Waals surface area contributed by atoms with Crippen LogP contribution in [-0.2, 0) is 19.0 Å². The Hall–Kier alpha value is -0.870. The quantitative estimate of drug-likeness (QED) is 0.360. The Morgan fingerprint density at radius 1 is 1.62 bits per heavy atom. The molecule has 0 amide bonds. The third-order valence-electron chi connectivity index (χ3n) is 2.26. The lowest BCUT2D eigenvalue weighted by Crippen LogP contribution is -2.21. The summed E-state index contributed by atoms with van der Waals surface area (Å²) in [5.74, 6) is -0.319. The molecule has 0 aliphatic carbocycles. The summed E-state index contributed by atoms with van der Waals surface area (Å²) < 4.78 is 15.5. The van der Waals surface area contributed by atoms with E-state index in [-0.39, 0.29) is 24.8 Å². The number of carbonyl (C=O) groups excluding carboxylic acids is 1. The summed E-state index contributed by atoms with van der Waals surface area (Å²) in [6.45, 7) is 9.17. The van der Waals surface area contributed by atoms with Gasteiger partial charge in [0.1, 0.15) is 12.7 Å². The van der Waals surface area contributed by atoms with Gasteiger partial charge in [-0.1, -0.05) is 19.9 Å². The van der Waals surface area contributed by atoms with E-state index < -0.39 is 0 Å². The molecule has 2 atom stereocenters. The lowest BCUT2D eigenvalue weighted by molar-refractivity contribution is -0.143. The molecule has 0 N–H and O–H groups in total. The zero-order valence-corrected chi connectivity index (χ0v) is 10.0. The first-order valence-electron chi connectivity index (χ1n) is 5.71. The van der Waals surface area contributed by atoms with Gasteiger partial charge in [-0.25, -0.2) is 4.79 Å². The number of hydrogen-bond donors (Lipinski definition) is 0. The van der Waals surface area contributed by atoms with Crippen molar-refractivity contribution in [2.75, 3.05) is 19.8 Å². The summed E-state index contributed by atoms with van der Waals surface area (Å²) in [7, 11) is 0. The van der Waals surface area contributed by atoms with Crippen molar-refractivity contribution in [2.45, 2.75) is 38.9 Å². The van der Waals surface area contributed by atoms with E-state index in [1.54, 1.807) is 0 Å². The standard InChI is InChI=1S/C12H20O4/c1-4-5-9(2)12(13)16-6-10(3)14-7-11-8-15-11/h10-11H,2,4-8H2,1,3H3. The van der Waals surface area contributed by atoms with Gasteiger partial charge in [0.15, 0.2) is 0 Å². The number of esters is 1. The van der Waals surface area contributed by atoms with Crippen molar-refractivity contribution >= 4 is 5.97 Å². The van der Waals surface area contributed by atoms with Gasteiger partial charge < -0.3 is 14.2 Å². The maximum absolute atomic E-state index is 11.4. The van der Waals surface area contributed by atoms with Crippen LogP contribution in [-0.4, -0.2) is 38.0 Å². The predicted molar refractivity (Wildman–Crippen MR) is 60.2 cm³/mol. The maximum Gasteiger partial charge on any atom is 0.333 e. The molecule has 1 fully saturated rings. The zero-order chi connectivity index (χ0) is 12.0. The third-order valence-corrected chi connectivity index (χ3v) is 2.26. The van der Waals surface area contributed by atoms with Crippen molar-refractivity contribution in [3.63, 3.8) is 0 Å². The average molecular weight is 228 g/mol. The molecule has 0 aromatic carbocycles. The van der Waals surface area contributed by atoms with Crippen LogP contribution in [0.3, 0.4) is 0 Å². The van der Waals surface area contributed by atoms with Crippen molar-refractivity contribution in [2.24, 2.45) is 0 Å². The highest BCUT2D eigenvalue weighted by atomic mass is 16.6. The van der Waals surface area contributed by atoms with Crippen LogP contribution >= 0.6 is 0 Å². The molecule has 92 valence electrons. The van der Waals surface area contributed by atoms with Gasteiger partial charge in [0.05, 0.1) is 19.3 Å². The van der Waals surface area contributed by atoms with Gasteiger partial charge in [0.25, 0.3) is 0 Å². The fourth-order valence-corrected chi connectivity index (χ4v) is 1.18. The fraction of sp³-hybridized carbons (Fsp3) is 0.750. The van der Waals surface area contributed by atoms with Crippen molar-refractivity contribution in [3.8, 4) is 0 Å². The molecule has 0 spiro atoms. The highest BCUT2D eigenvalue weighted by molar-refractivity contribution is 5.87. The van der Waals surface area contributed by atoms with E-state index in [1.165, 1.54) is 0 Å². The molecule has 4 nitrogen and oxygen atoms in total. The molecule has 0 aromatic heterocycles. The van der Waals surface area contributed by atoms with Gasteiger partial charge in [0.2, 0.25) is 0 Å². The van der Waals surface area contributed by atoms with Crippen LogP contribution < -0.4 is 0 Å². The molecule has 0 aromatic rings. The number of carbonyl (C=O) groups is 1. The summed E-state index contributed by atoms with van der Waals surface area (Å²) in [6.07, 6.45) is 1.74. The lowest BCUT2D eigenvalue weighted by atomic mass is 10.2. The Kier molecular flexibility index (Phi) is 5.49. The first kappa shape index (κ1) is 13.2. The van der Waals surface area contributed by atoms with E-state index >= 15 is 0 Å². The smallest absolute Gasteiger partial charge is 0.333 e. The predicted octanol–water partition coefficient (Wildman–Crippen LogP) is 1.69. The Bertz CT molecular complexity index is 245. The molecule has 0 bridgehead atoms. The second kappa shape index (κ2) is 6.66. The molecule has 0 radical (unpaired) electrons. The van der Waals surface area contributed by atoms with Crippen LogP contribution in [0.15, 0.2) is 12.2 Å². The first-order chi connectivity index (χ1) is 7.63. The molecule has 4 heteroatoms. The molecule has 1 aliphatic heterocycles. The normalized spacial score (nSPS) is 20.2. The molecule has 0 saturated carbocycles. The molecule has 2 unspecified atom stereocenters. The van der Waals surface area contributed by atoms with Crippen LogP contribution in [0.25, 0.3) is 0 Å². The minimum Gasteiger partial charge on any atom is -0.460 e. The van der Waals surface area contributed by atoms with Gasteiger partial charge in [-0.15, -0.1) is 0 Å². The second-order valence-corrected chi connectivity index (χ2v) is 4.05. The minimum absolute atomic E-state index is 0.0948. The third kappa shape index (κ3) is 5.28. The van der Waals surface area contributed by atoms with Crippen LogP contribution in [0.4, 0.5) is 0 Å². The summed E-state index contributed by atoms with van der Waals surface area (Å²) in [5.41, 5.74) is 0.528. The molecule has 1 aliphatic rings. The van der Waals surface area contributed by atoms with E-state index in [4.69, 9.17) is 14.2 Å². The average Bonchev–Trinajstić information content (AvgIpc) is 3.07. The Labute approximate surface area is 96.6 Å². The Balaban J connectivity index is 2.07. The van der Waals surface area contributed by atoms with E-state index in [2.05, 4.69) is 6.58 Å². The van der Waals surface area contributed by atoms with Gasteiger partial charge >= 0.3 is 5.97 Å². The molecule has 1 rings (SSSR count). The number of ether oxygens (including phenoxy) is 3. The largest absolute Gasteiger partial charge is 0.460 e. The van der Waals surface area contributed by atoms with Crippen LogP contribution in [0.2, 0.25) is 0 Å². The van der Waals surface area contributed by atoms with E-state index in [0.29, 0.717) is 18.6 Å². The van der Waals surface area contributed by atoms with Crippen LogP contribution in [0.5, 0.6) is 0 Å². The van der Waals surface area contributed by atoms with Crippen LogP contribution in [0.1, 0.15) is 26.7 Å². The zero-order valence-electron chi connectivity index (χ0n) is 10.0. The van der Waals surface area contributed by atoms with Gasteiger partial charge in [-0.3, -0.25) is 0 Å². The summed E-state index contributed by atoms with van der Waals surface area (Å²) >= 11 is 0. The highest BCUT2D eigenvalue weighted by Gasteiger charge is 2.23. The minimum atomic E-state index is -0.319. The van der Waals surface area contributed by atoms with Crippen molar-refractivity contribution in [1.29, 1.82) is 0 Å². The monoisotopic (exact) mass is 228 g/mol. The second-order valence-electron chi connectivity index (χ2n) is 4.05. The number of rotatable bonds is 8. The van der Waals surface area contributed by atoms with Crippen molar-refractivity contribution in [1.82, 2.24) is 0 Å².